The number of aromatic nitrogens is 4. The zero-order valence-corrected chi connectivity index (χ0v) is 14.7. The molecule has 5 nitrogen and oxygen atoms in total. The Bertz CT molecular complexity index is 730. The lowest BCUT2D eigenvalue weighted by atomic mass is 9.86. The molecule has 124 valence electrons. The highest BCUT2D eigenvalue weighted by atomic mass is 32.1. The van der Waals surface area contributed by atoms with Gasteiger partial charge in [-0.2, -0.15) is 14.9 Å². The first-order chi connectivity index (χ1) is 11.1. The molecule has 1 aliphatic rings. The second-order valence-corrected chi connectivity index (χ2v) is 6.96. The first kappa shape index (κ1) is 16.2. The molecular formula is C17H25N5S. The molecule has 3 rings (SSSR count). The standard InChI is InChI=1S/C17H25N5S/c1-12-10-15(13(2)19-12)11-18-22-16(20-21-17(22)23)9-8-14-6-4-3-5-7-14/h10-11,14,19H,3-9H2,1-2H3,(H,21,23)/b18-11+. The van der Waals surface area contributed by atoms with Crippen molar-refractivity contribution < 1.29 is 0 Å². The summed E-state index contributed by atoms with van der Waals surface area (Å²) < 4.78 is 2.32. The van der Waals surface area contributed by atoms with Crippen molar-refractivity contribution in [3.8, 4) is 0 Å². The molecule has 1 fully saturated rings. The van der Waals surface area contributed by atoms with Crippen molar-refractivity contribution in [2.45, 2.75) is 58.8 Å². The Labute approximate surface area is 142 Å². The zero-order chi connectivity index (χ0) is 16.2. The Morgan fingerprint density at radius 2 is 2.13 bits per heavy atom. The number of aryl methyl sites for hydroxylation is 3. The quantitative estimate of drug-likeness (QED) is 0.634. The normalized spacial score (nSPS) is 16.4. The molecule has 1 saturated carbocycles. The van der Waals surface area contributed by atoms with E-state index in [2.05, 4.69) is 26.3 Å². The van der Waals surface area contributed by atoms with E-state index in [1.54, 1.807) is 4.68 Å². The smallest absolute Gasteiger partial charge is 0.216 e. The minimum atomic E-state index is 0.560. The van der Waals surface area contributed by atoms with E-state index in [1.165, 1.54) is 38.5 Å². The predicted molar refractivity (Wildman–Crippen MR) is 95.6 cm³/mol. The summed E-state index contributed by atoms with van der Waals surface area (Å²) in [5.41, 5.74) is 3.34. The van der Waals surface area contributed by atoms with Crippen LogP contribution in [0.15, 0.2) is 11.2 Å². The van der Waals surface area contributed by atoms with E-state index in [9.17, 15) is 0 Å². The number of aromatic amines is 2. The number of rotatable bonds is 5. The van der Waals surface area contributed by atoms with E-state index in [0.29, 0.717) is 4.77 Å². The van der Waals surface area contributed by atoms with Crippen LogP contribution in [0, 0.1) is 24.5 Å². The second kappa shape index (κ2) is 7.25. The van der Waals surface area contributed by atoms with Crippen LogP contribution < -0.4 is 0 Å². The Morgan fingerprint density at radius 1 is 1.35 bits per heavy atom. The molecule has 2 aromatic heterocycles. The van der Waals surface area contributed by atoms with Crippen LogP contribution in [-0.2, 0) is 6.42 Å². The number of hydrogen-bond donors (Lipinski definition) is 2. The van der Waals surface area contributed by atoms with Crippen LogP contribution in [-0.4, -0.2) is 26.1 Å². The van der Waals surface area contributed by atoms with Crippen molar-refractivity contribution in [1.29, 1.82) is 0 Å². The molecule has 1 aliphatic carbocycles. The van der Waals surface area contributed by atoms with Crippen molar-refractivity contribution in [3.63, 3.8) is 0 Å². The maximum atomic E-state index is 5.32. The molecule has 6 heteroatoms. The van der Waals surface area contributed by atoms with Crippen molar-refractivity contribution in [3.05, 3.63) is 33.6 Å². The van der Waals surface area contributed by atoms with Crippen LogP contribution in [0.4, 0.5) is 0 Å². The Morgan fingerprint density at radius 3 is 2.83 bits per heavy atom. The SMILES string of the molecule is Cc1cc(/C=N/n2c(CCC3CCCCC3)n[nH]c2=S)c(C)[nH]1. The summed E-state index contributed by atoms with van der Waals surface area (Å²) in [5.74, 6) is 1.77. The van der Waals surface area contributed by atoms with Gasteiger partial charge in [0.15, 0.2) is 5.82 Å². The minimum Gasteiger partial charge on any atom is -0.362 e. The maximum absolute atomic E-state index is 5.32. The summed E-state index contributed by atoms with van der Waals surface area (Å²) in [5, 5.41) is 11.8. The van der Waals surface area contributed by atoms with Gasteiger partial charge in [0.05, 0.1) is 6.21 Å². The molecule has 0 amide bonds. The fraction of sp³-hybridized carbons (Fsp3) is 0.588. The fourth-order valence-electron chi connectivity index (χ4n) is 3.41. The van der Waals surface area contributed by atoms with Gasteiger partial charge < -0.3 is 4.98 Å². The average Bonchev–Trinajstić information content (AvgIpc) is 3.06. The van der Waals surface area contributed by atoms with Gasteiger partial charge in [0.2, 0.25) is 4.77 Å². The summed E-state index contributed by atoms with van der Waals surface area (Å²) in [6.45, 7) is 4.09. The first-order valence-corrected chi connectivity index (χ1v) is 8.91. The summed E-state index contributed by atoms with van der Waals surface area (Å²) >= 11 is 5.32. The number of nitrogens with one attached hydrogen (secondary N) is 2. The van der Waals surface area contributed by atoms with Crippen LogP contribution in [0.1, 0.15) is 61.3 Å². The van der Waals surface area contributed by atoms with Gasteiger partial charge in [-0.3, -0.25) is 5.10 Å². The third kappa shape index (κ3) is 3.99. The molecule has 0 spiro atoms. The van der Waals surface area contributed by atoms with E-state index in [4.69, 9.17) is 12.2 Å². The van der Waals surface area contributed by atoms with Gasteiger partial charge in [0.25, 0.3) is 0 Å². The molecule has 2 aromatic rings. The number of hydrogen-bond acceptors (Lipinski definition) is 3. The predicted octanol–water partition coefficient (Wildman–Crippen LogP) is 4.28. The van der Waals surface area contributed by atoms with Gasteiger partial charge >= 0.3 is 0 Å². The maximum Gasteiger partial charge on any atom is 0.216 e. The molecule has 2 heterocycles. The van der Waals surface area contributed by atoms with Crippen LogP contribution in [0.2, 0.25) is 0 Å². The molecule has 0 aromatic carbocycles. The summed E-state index contributed by atoms with van der Waals surface area (Å²) in [7, 11) is 0. The largest absolute Gasteiger partial charge is 0.362 e. The van der Waals surface area contributed by atoms with Crippen molar-refractivity contribution in [1.82, 2.24) is 19.9 Å². The first-order valence-electron chi connectivity index (χ1n) is 8.50. The molecule has 23 heavy (non-hydrogen) atoms. The van der Waals surface area contributed by atoms with E-state index in [0.717, 1.165) is 35.1 Å². The van der Waals surface area contributed by atoms with E-state index in [-0.39, 0.29) is 0 Å². The summed E-state index contributed by atoms with van der Waals surface area (Å²) in [6.07, 6.45) is 10.8. The van der Waals surface area contributed by atoms with E-state index >= 15 is 0 Å². The molecule has 0 radical (unpaired) electrons. The monoisotopic (exact) mass is 331 g/mol. The Kier molecular flexibility index (Phi) is 5.10. The molecule has 0 unspecified atom stereocenters. The van der Waals surface area contributed by atoms with Gasteiger partial charge in [0, 0.05) is 23.4 Å². The van der Waals surface area contributed by atoms with Crippen LogP contribution in [0.25, 0.3) is 0 Å². The van der Waals surface area contributed by atoms with Gasteiger partial charge in [-0.05, 0) is 44.5 Å². The average molecular weight is 331 g/mol. The summed E-state index contributed by atoms with van der Waals surface area (Å²) in [4.78, 5) is 3.29. The minimum absolute atomic E-state index is 0.560. The summed E-state index contributed by atoms with van der Waals surface area (Å²) in [6, 6.07) is 2.09. The van der Waals surface area contributed by atoms with Gasteiger partial charge in [-0.15, -0.1) is 0 Å². The number of H-pyrrole nitrogens is 2. The topological polar surface area (TPSA) is 61.8 Å². The van der Waals surface area contributed by atoms with Crippen molar-refractivity contribution in [2.24, 2.45) is 11.0 Å². The third-order valence-electron chi connectivity index (χ3n) is 4.72. The second-order valence-electron chi connectivity index (χ2n) is 6.58. The molecule has 0 bridgehead atoms. The lowest BCUT2D eigenvalue weighted by Crippen LogP contribution is -2.09. The Hall–Kier alpha value is -1.69. The highest BCUT2D eigenvalue weighted by Crippen LogP contribution is 2.27. The molecule has 2 N–H and O–H groups in total. The van der Waals surface area contributed by atoms with Gasteiger partial charge in [-0.25, -0.2) is 0 Å². The van der Waals surface area contributed by atoms with Gasteiger partial charge in [-0.1, -0.05) is 32.1 Å². The third-order valence-corrected chi connectivity index (χ3v) is 4.98. The highest BCUT2D eigenvalue weighted by molar-refractivity contribution is 7.71. The number of nitrogens with zero attached hydrogens (tertiary/aromatic N) is 3. The molecule has 0 saturated heterocycles. The van der Waals surface area contributed by atoms with Crippen LogP contribution in [0.3, 0.4) is 0 Å². The lowest BCUT2D eigenvalue weighted by Gasteiger charge is -2.20. The van der Waals surface area contributed by atoms with Crippen LogP contribution >= 0.6 is 12.2 Å². The molecule has 0 aliphatic heterocycles. The zero-order valence-electron chi connectivity index (χ0n) is 13.9. The van der Waals surface area contributed by atoms with E-state index in [1.807, 2.05) is 20.1 Å². The lowest BCUT2D eigenvalue weighted by molar-refractivity contribution is 0.336. The molecular weight excluding hydrogens is 306 g/mol. The Balaban J connectivity index is 1.71. The van der Waals surface area contributed by atoms with Gasteiger partial charge in [0.1, 0.15) is 0 Å². The van der Waals surface area contributed by atoms with Crippen molar-refractivity contribution in [2.75, 3.05) is 0 Å². The van der Waals surface area contributed by atoms with E-state index < -0.39 is 0 Å². The molecule has 0 atom stereocenters. The highest BCUT2D eigenvalue weighted by Gasteiger charge is 2.15. The van der Waals surface area contributed by atoms with Crippen LogP contribution in [0.5, 0.6) is 0 Å². The van der Waals surface area contributed by atoms with Crippen molar-refractivity contribution >= 4 is 18.4 Å². The fourth-order valence-corrected chi connectivity index (χ4v) is 3.61.